The Kier molecular flexibility index (Phi) is 7.05. The summed E-state index contributed by atoms with van der Waals surface area (Å²) in [7, 11) is -16.5. The minimum Gasteiger partial charge on any atom is -0.383 e. The fraction of sp³-hybridized carbons (Fsp3) is 0.455. The summed E-state index contributed by atoms with van der Waals surface area (Å²) in [6.07, 6.45) is 2.15. The molecule has 0 saturated carbocycles. The fourth-order valence-electron chi connectivity index (χ4n) is 2.41. The lowest BCUT2D eigenvalue weighted by atomic mass is 10.0. The van der Waals surface area contributed by atoms with E-state index >= 15 is 0 Å². The number of phosphoric acid groups is 3. The van der Waals surface area contributed by atoms with Crippen molar-refractivity contribution in [3.8, 4) is 0 Å². The number of nitrogen functional groups attached to an aromatic ring is 1. The van der Waals surface area contributed by atoms with Crippen LogP contribution in [0.2, 0.25) is 0 Å². The number of rotatable bonds is 9. The van der Waals surface area contributed by atoms with Crippen LogP contribution in [-0.4, -0.2) is 41.3 Å². The van der Waals surface area contributed by atoms with Crippen LogP contribution in [0.15, 0.2) is 29.7 Å². The van der Waals surface area contributed by atoms with Gasteiger partial charge in [0.15, 0.2) is 0 Å². The number of nitrogens with two attached hydrogens (primary N) is 1. The smallest absolute Gasteiger partial charge is 0.383 e. The molecule has 2 rings (SSSR count). The highest BCUT2D eigenvalue weighted by Gasteiger charge is 2.44. The normalized spacial score (nSPS) is 26.6. The molecule has 1 aliphatic rings. The van der Waals surface area contributed by atoms with Gasteiger partial charge in [-0.05, 0) is 18.9 Å². The van der Waals surface area contributed by atoms with Gasteiger partial charge in [0, 0.05) is 6.20 Å². The third-order valence-corrected chi connectivity index (χ3v) is 7.39. The van der Waals surface area contributed by atoms with Gasteiger partial charge in [0.1, 0.15) is 17.6 Å². The molecule has 0 aromatic carbocycles. The Balaban J connectivity index is 2.07. The van der Waals surface area contributed by atoms with E-state index in [9.17, 15) is 23.4 Å². The summed E-state index contributed by atoms with van der Waals surface area (Å²) in [5.74, 6) is 0.00638. The van der Waals surface area contributed by atoms with E-state index in [1.165, 1.54) is 18.3 Å². The van der Waals surface area contributed by atoms with Crippen LogP contribution >= 0.6 is 23.5 Å². The fourth-order valence-corrected chi connectivity index (χ4v) is 5.48. The third-order valence-electron chi connectivity index (χ3n) is 3.61. The quantitative estimate of drug-likeness (QED) is 0.239. The standard InChI is InChI=1S/C11H18N3O12P3/c1-2-11(5-3-9(24-11)14-6-4-8(12)13-10(14)15)7-23-28(19,20)26-29(21,22)25-27(16,17)18/h2,4,6,9H,1,3,5,7H2,(H,19,20)(H,21,22)(H2,12,13,15)(H2,16,17,18)/t9-,11+/m1/s1. The van der Waals surface area contributed by atoms with Crippen molar-refractivity contribution in [2.24, 2.45) is 0 Å². The maximum atomic E-state index is 11.9. The maximum Gasteiger partial charge on any atom is 0.490 e. The van der Waals surface area contributed by atoms with Gasteiger partial charge >= 0.3 is 29.2 Å². The van der Waals surface area contributed by atoms with Crippen molar-refractivity contribution < 1.29 is 51.2 Å². The van der Waals surface area contributed by atoms with Crippen LogP contribution in [-0.2, 0) is 31.6 Å². The average Bonchev–Trinajstić information content (AvgIpc) is 2.94. The topological polar surface area (TPSA) is 230 Å². The Hall–Kier alpha value is -1.21. The Bertz CT molecular complexity index is 975. The average molecular weight is 477 g/mol. The molecule has 1 saturated heterocycles. The van der Waals surface area contributed by atoms with Crippen LogP contribution in [0, 0.1) is 0 Å². The molecule has 6 N–H and O–H groups in total. The summed E-state index contributed by atoms with van der Waals surface area (Å²) in [4.78, 5) is 51.2. The molecule has 2 unspecified atom stereocenters. The molecule has 0 spiro atoms. The van der Waals surface area contributed by atoms with Crippen molar-refractivity contribution in [2.45, 2.75) is 24.7 Å². The highest BCUT2D eigenvalue weighted by molar-refractivity contribution is 7.66. The molecular weight excluding hydrogens is 459 g/mol. The molecule has 15 nitrogen and oxygen atoms in total. The Morgan fingerprint density at radius 1 is 1.31 bits per heavy atom. The van der Waals surface area contributed by atoms with E-state index in [1.54, 1.807) is 0 Å². The summed E-state index contributed by atoms with van der Waals surface area (Å²) < 4.78 is 52.5. The zero-order valence-electron chi connectivity index (χ0n) is 14.5. The van der Waals surface area contributed by atoms with Crippen LogP contribution in [0.5, 0.6) is 0 Å². The number of nitrogens with zero attached hydrogens (tertiary/aromatic N) is 2. The van der Waals surface area contributed by atoms with Gasteiger partial charge < -0.3 is 30.0 Å². The summed E-state index contributed by atoms with van der Waals surface area (Å²) >= 11 is 0. The van der Waals surface area contributed by atoms with Crippen molar-refractivity contribution in [1.82, 2.24) is 9.55 Å². The Morgan fingerprint density at radius 3 is 2.52 bits per heavy atom. The van der Waals surface area contributed by atoms with Crippen LogP contribution in [0.25, 0.3) is 0 Å². The van der Waals surface area contributed by atoms with E-state index in [0.717, 1.165) is 4.57 Å². The van der Waals surface area contributed by atoms with Crippen molar-refractivity contribution in [3.63, 3.8) is 0 Å². The van der Waals surface area contributed by atoms with Crippen LogP contribution in [0.3, 0.4) is 0 Å². The number of phosphoric ester groups is 1. The summed E-state index contributed by atoms with van der Waals surface area (Å²) in [6, 6.07) is 1.37. The second-order valence-electron chi connectivity index (χ2n) is 5.79. The number of hydrogen-bond acceptors (Lipinski definition) is 10. The molecule has 0 radical (unpaired) electrons. The van der Waals surface area contributed by atoms with E-state index in [0.29, 0.717) is 0 Å². The van der Waals surface area contributed by atoms with Crippen LogP contribution in [0.1, 0.15) is 19.1 Å². The zero-order valence-corrected chi connectivity index (χ0v) is 17.2. The predicted molar refractivity (Wildman–Crippen MR) is 95.0 cm³/mol. The minimum atomic E-state index is -5.63. The van der Waals surface area contributed by atoms with E-state index in [-0.39, 0.29) is 18.7 Å². The molecule has 164 valence electrons. The van der Waals surface area contributed by atoms with Gasteiger partial charge in [-0.3, -0.25) is 9.09 Å². The van der Waals surface area contributed by atoms with Gasteiger partial charge in [-0.15, -0.1) is 6.58 Å². The molecule has 29 heavy (non-hydrogen) atoms. The van der Waals surface area contributed by atoms with E-state index in [1.807, 2.05) is 0 Å². The molecule has 0 aliphatic carbocycles. The monoisotopic (exact) mass is 477 g/mol. The number of hydrogen-bond donors (Lipinski definition) is 5. The lowest BCUT2D eigenvalue weighted by molar-refractivity contribution is -0.0691. The van der Waals surface area contributed by atoms with Crippen LogP contribution < -0.4 is 11.4 Å². The second kappa shape index (κ2) is 8.50. The molecule has 1 aromatic heterocycles. The Labute approximate surface area is 163 Å². The number of aromatic nitrogens is 2. The molecule has 4 atom stereocenters. The van der Waals surface area contributed by atoms with Gasteiger partial charge in [0.2, 0.25) is 0 Å². The zero-order chi connectivity index (χ0) is 22.1. The molecule has 18 heteroatoms. The lowest BCUT2D eigenvalue weighted by Gasteiger charge is -2.27. The summed E-state index contributed by atoms with van der Waals surface area (Å²) in [5.41, 5.74) is 3.33. The predicted octanol–water partition coefficient (Wildman–Crippen LogP) is 0.403. The molecule has 2 heterocycles. The number of ether oxygens (including phenoxy) is 1. The molecule has 1 aromatic rings. The first-order valence-electron chi connectivity index (χ1n) is 7.60. The summed E-state index contributed by atoms with van der Waals surface area (Å²) in [6.45, 7) is 2.82. The molecular formula is C11H18N3O12P3. The first-order valence-corrected chi connectivity index (χ1v) is 12.1. The first-order chi connectivity index (χ1) is 13.2. The van der Waals surface area contributed by atoms with Gasteiger partial charge in [-0.2, -0.15) is 13.6 Å². The number of anilines is 1. The second-order valence-corrected chi connectivity index (χ2v) is 10.2. The van der Waals surface area contributed by atoms with Gasteiger partial charge in [-0.25, -0.2) is 18.5 Å². The van der Waals surface area contributed by atoms with Gasteiger partial charge in [-0.1, -0.05) is 6.08 Å². The van der Waals surface area contributed by atoms with Crippen LogP contribution in [0.4, 0.5) is 5.82 Å². The van der Waals surface area contributed by atoms with E-state index in [4.69, 9.17) is 25.2 Å². The highest BCUT2D eigenvalue weighted by atomic mass is 31.3. The van der Waals surface area contributed by atoms with Gasteiger partial charge in [0.05, 0.1) is 6.61 Å². The lowest BCUT2D eigenvalue weighted by Crippen LogP contribution is -2.34. The third kappa shape index (κ3) is 6.92. The largest absolute Gasteiger partial charge is 0.490 e. The van der Waals surface area contributed by atoms with Gasteiger partial charge in [0.25, 0.3) is 0 Å². The summed E-state index contributed by atoms with van der Waals surface area (Å²) in [5, 5.41) is 0. The molecule has 1 aliphatic heterocycles. The van der Waals surface area contributed by atoms with E-state index in [2.05, 4.69) is 24.7 Å². The molecule has 0 amide bonds. The SMILES string of the molecule is C=C[C@@]1(COP(=O)(O)OP(=O)(O)OP(=O)(O)O)CC[C@H](n2ccc(N)nc2=O)O1. The van der Waals surface area contributed by atoms with Crippen molar-refractivity contribution >= 4 is 29.3 Å². The molecule has 0 bridgehead atoms. The van der Waals surface area contributed by atoms with E-state index < -0.39 is 47.6 Å². The van der Waals surface area contributed by atoms with Crippen molar-refractivity contribution in [3.05, 3.63) is 35.4 Å². The molecule has 1 fully saturated rings. The minimum absolute atomic E-state index is 0.00638. The maximum absolute atomic E-state index is 11.9. The Morgan fingerprint density at radius 2 is 1.97 bits per heavy atom. The van der Waals surface area contributed by atoms with Crippen molar-refractivity contribution in [2.75, 3.05) is 12.3 Å². The van der Waals surface area contributed by atoms with Crippen molar-refractivity contribution in [1.29, 1.82) is 0 Å². The first kappa shape index (κ1) is 24.1. The highest BCUT2D eigenvalue weighted by Crippen LogP contribution is 2.66.